The molecule has 0 amide bonds. The summed E-state index contributed by atoms with van der Waals surface area (Å²) in [5.41, 5.74) is 1.78. The molecule has 0 aliphatic carbocycles. The van der Waals surface area contributed by atoms with Gasteiger partial charge < -0.3 is 0 Å². The number of hydrogen-bond acceptors (Lipinski definition) is 5. The van der Waals surface area contributed by atoms with Crippen LogP contribution in [0, 0.1) is 5.95 Å². The van der Waals surface area contributed by atoms with E-state index < -0.39 is 18.5 Å². The Labute approximate surface area is 171 Å². The van der Waals surface area contributed by atoms with Crippen molar-refractivity contribution in [1.29, 1.82) is 0 Å². The summed E-state index contributed by atoms with van der Waals surface area (Å²) in [7, 11) is 1.58. The van der Waals surface area contributed by atoms with Crippen LogP contribution in [-0.2, 0) is 13.5 Å². The number of aryl methyl sites for hydroxylation is 1. The van der Waals surface area contributed by atoms with Crippen molar-refractivity contribution >= 4 is 15.9 Å². The van der Waals surface area contributed by atoms with Crippen molar-refractivity contribution < 1.29 is 13.2 Å². The maximum absolute atomic E-state index is 14.0. The van der Waals surface area contributed by atoms with E-state index in [4.69, 9.17) is 0 Å². The van der Waals surface area contributed by atoms with Crippen LogP contribution in [0.1, 0.15) is 24.0 Å². The lowest BCUT2D eigenvalue weighted by Gasteiger charge is -2.16. The number of aromatic nitrogens is 8. The second-order valence-corrected chi connectivity index (χ2v) is 7.16. The molecule has 0 spiro atoms. The first kappa shape index (κ1) is 19.3. The van der Waals surface area contributed by atoms with E-state index in [1.165, 1.54) is 23.1 Å². The summed E-state index contributed by atoms with van der Waals surface area (Å²) in [5, 5.41) is 15.3. The predicted molar refractivity (Wildman–Crippen MR) is 99.4 cm³/mol. The molecular weight excluding hydrogens is 453 g/mol. The quantitative estimate of drug-likeness (QED) is 0.435. The van der Waals surface area contributed by atoms with Crippen LogP contribution in [0.2, 0.25) is 0 Å². The molecule has 0 fully saturated rings. The molecule has 8 nitrogen and oxygen atoms in total. The summed E-state index contributed by atoms with van der Waals surface area (Å²) in [5.74, 6) is -0.707. The van der Waals surface area contributed by atoms with Crippen molar-refractivity contribution in [1.82, 2.24) is 39.5 Å². The Bertz CT molecular complexity index is 1100. The van der Waals surface area contributed by atoms with Gasteiger partial charge in [-0.25, -0.2) is 9.36 Å². The topological polar surface area (TPSA) is 79.2 Å². The summed E-state index contributed by atoms with van der Waals surface area (Å²) in [6.45, 7) is -2.72. The third-order valence-electron chi connectivity index (χ3n) is 4.34. The van der Waals surface area contributed by atoms with Crippen LogP contribution in [-0.4, -0.2) is 39.5 Å². The zero-order valence-electron chi connectivity index (χ0n) is 15.0. The maximum Gasteiger partial charge on any atom is 0.333 e. The number of rotatable bonds is 6. The Balaban J connectivity index is 1.71. The average Bonchev–Trinajstić information content (AvgIpc) is 3.41. The van der Waals surface area contributed by atoms with E-state index >= 15 is 0 Å². The molecule has 0 aromatic carbocycles. The summed E-state index contributed by atoms with van der Waals surface area (Å²) in [6, 6.07) is 4.70. The maximum atomic E-state index is 14.0. The molecule has 4 aromatic rings. The largest absolute Gasteiger partial charge is 0.333 e. The highest BCUT2D eigenvalue weighted by Gasteiger charge is 2.22. The first-order chi connectivity index (χ1) is 13.9. The van der Waals surface area contributed by atoms with Crippen LogP contribution in [0.5, 0.6) is 0 Å². The molecule has 1 unspecified atom stereocenters. The van der Waals surface area contributed by atoms with Crippen LogP contribution >= 0.6 is 15.9 Å². The number of alkyl halides is 2. The van der Waals surface area contributed by atoms with Gasteiger partial charge in [0.2, 0.25) is 0 Å². The van der Waals surface area contributed by atoms with Gasteiger partial charge in [-0.1, -0.05) is 10.3 Å². The van der Waals surface area contributed by atoms with Crippen molar-refractivity contribution in [2.24, 2.45) is 7.05 Å². The summed E-state index contributed by atoms with van der Waals surface area (Å²) >= 11 is 3.34. The normalized spacial score (nSPS) is 12.6. The van der Waals surface area contributed by atoms with E-state index in [1.807, 2.05) is 6.07 Å². The molecule has 0 bridgehead atoms. The van der Waals surface area contributed by atoms with Gasteiger partial charge in [0.15, 0.2) is 0 Å². The van der Waals surface area contributed by atoms with Crippen LogP contribution in [0.3, 0.4) is 0 Å². The van der Waals surface area contributed by atoms with Gasteiger partial charge in [-0.15, -0.1) is 0 Å². The lowest BCUT2D eigenvalue weighted by molar-refractivity contribution is 0.0561. The number of pyridine rings is 1. The van der Waals surface area contributed by atoms with Crippen molar-refractivity contribution in [3.63, 3.8) is 0 Å². The molecule has 150 valence electrons. The molecule has 0 saturated carbocycles. The van der Waals surface area contributed by atoms with E-state index in [-0.39, 0.29) is 12.1 Å². The molecule has 0 radical (unpaired) electrons. The van der Waals surface area contributed by atoms with E-state index in [0.29, 0.717) is 21.6 Å². The molecule has 29 heavy (non-hydrogen) atoms. The fourth-order valence-corrected chi connectivity index (χ4v) is 3.21. The molecule has 1 atom stereocenters. The Hall–Kier alpha value is -3.02. The van der Waals surface area contributed by atoms with Crippen molar-refractivity contribution in [3.05, 3.63) is 64.8 Å². The van der Waals surface area contributed by atoms with Crippen molar-refractivity contribution in [2.75, 3.05) is 0 Å². The number of nitrogens with zero attached hydrogens (tertiary/aromatic N) is 8. The van der Waals surface area contributed by atoms with Gasteiger partial charge in [0, 0.05) is 42.1 Å². The van der Waals surface area contributed by atoms with E-state index in [1.54, 1.807) is 30.2 Å². The van der Waals surface area contributed by atoms with Gasteiger partial charge in [-0.3, -0.25) is 9.67 Å². The minimum atomic E-state index is -2.72. The third kappa shape index (κ3) is 3.92. The van der Waals surface area contributed by atoms with Gasteiger partial charge in [-0.2, -0.15) is 23.4 Å². The monoisotopic (exact) mass is 466 g/mol. The van der Waals surface area contributed by atoms with Gasteiger partial charge in [-0.05, 0) is 34.1 Å². The lowest BCUT2D eigenvalue weighted by Crippen LogP contribution is -2.16. The molecule has 0 saturated heterocycles. The fraction of sp³-hybridized carbons (Fsp3) is 0.235. The van der Waals surface area contributed by atoms with Gasteiger partial charge >= 0.3 is 6.55 Å². The van der Waals surface area contributed by atoms with E-state index in [2.05, 4.69) is 41.4 Å². The number of halogens is 4. The zero-order valence-corrected chi connectivity index (χ0v) is 16.6. The van der Waals surface area contributed by atoms with Crippen LogP contribution in [0.25, 0.3) is 11.3 Å². The highest BCUT2D eigenvalue weighted by Crippen LogP contribution is 2.26. The van der Waals surface area contributed by atoms with Gasteiger partial charge in [0.25, 0.3) is 5.95 Å². The molecule has 0 N–H and O–H groups in total. The molecule has 4 aromatic heterocycles. The molecule has 4 heterocycles. The average molecular weight is 467 g/mol. The second-order valence-electron chi connectivity index (χ2n) is 6.25. The van der Waals surface area contributed by atoms with E-state index in [9.17, 15) is 13.2 Å². The van der Waals surface area contributed by atoms with Crippen LogP contribution in [0.4, 0.5) is 13.2 Å². The molecule has 4 rings (SSSR count). The second kappa shape index (κ2) is 7.78. The van der Waals surface area contributed by atoms with Crippen LogP contribution < -0.4 is 0 Å². The Kier molecular flexibility index (Phi) is 5.18. The minimum absolute atomic E-state index is 0.195. The Morgan fingerprint density at radius 2 is 1.97 bits per heavy atom. The SMILES string of the molecule is Cn1nnc(F)c1-c1cnn(C(Cc2ccn(C(F)F)n2)c2ccc(Br)cn2)c1. The standard InChI is InChI=1S/C17H14BrF3N8/c1-27-15(16(19)24-26-27)10-7-23-29(9-10)14(13-3-2-11(18)8-22-13)6-12-4-5-28(25-12)17(20)21/h2-5,7-9,14,17H,6H2,1H3. The first-order valence-electron chi connectivity index (χ1n) is 8.45. The zero-order chi connectivity index (χ0) is 20.5. The Morgan fingerprint density at radius 3 is 2.59 bits per heavy atom. The first-order valence-corrected chi connectivity index (χ1v) is 9.25. The Morgan fingerprint density at radius 1 is 1.14 bits per heavy atom. The summed E-state index contributed by atoms with van der Waals surface area (Å²) in [6.07, 6.45) is 6.25. The van der Waals surface area contributed by atoms with Crippen molar-refractivity contribution in [2.45, 2.75) is 19.0 Å². The highest BCUT2D eigenvalue weighted by atomic mass is 79.9. The predicted octanol–water partition coefficient (Wildman–Crippen LogP) is 3.40. The van der Waals surface area contributed by atoms with Gasteiger partial charge in [0.05, 0.1) is 23.6 Å². The smallest absolute Gasteiger partial charge is 0.263 e. The van der Waals surface area contributed by atoms with Crippen LogP contribution in [0.15, 0.2) is 47.5 Å². The molecule has 12 heteroatoms. The van der Waals surface area contributed by atoms with Gasteiger partial charge in [0.1, 0.15) is 5.69 Å². The summed E-state index contributed by atoms with van der Waals surface area (Å²) < 4.78 is 44.0. The molecular formula is C17H14BrF3N8. The number of hydrogen-bond donors (Lipinski definition) is 0. The highest BCUT2D eigenvalue weighted by molar-refractivity contribution is 9.10. The lowest BCUT2D eigenvalue weighted by atomic mass is 10.1. The van der Waals surface area contributed by atoms with Crippen molar-refractivity contribution in [3.8, 4) is 11.3 Å². The van der Waals surface area contributed by atoms with E-state index in [0.717, 1.165) is 4.47 Å². The molecule has 0 aliphatic rings. The molecule has 0 aliphatic heterocycles. The third-order valence-corrected chi connectivity index (χ3v) is 4.81. The minimum Gasteiger partial charge on any atom is -0.263 e. The fourth-order valence-electron chi connectivity index (χ4n) is 2.98. The summed E-state index contributed by atoms with van der Waals surface area (Å²) in [4.78, 5) is 4.41.